The van der Waals surface area contributed by atoms with E-state index < -0.39 is 0 Å². The lowest BCUT2D eigenvalue weighted by Crippen LogP contribution is -2.22. The van der Waals surface area contributed by atoms with Gasteiger partial charge in [-0.25, -0.2) is 0 Å². The minimum absolute atomic E-state index is 0.802. The third-order valence-corrected chi connectivity index (χ3v) is 9.71. The molecule has 46 heavy (non-hydrogen) atoms. The smallest absolute Gasteiger partial charge is 0.0541 e. The molecule has 0 N–H and O–H groups in total. The molecule has 0 unspecified atom stereocenters. The fourth-order valence-corrected chi connectivity index (χ4v) is 7.74. The van der Waals surface area contributed by atoms with E-state index in [0.29, 0.717) is 0 Å². The summed E-state index contributed by atoms with van der Waals surface area (Å²) in [6.07, 6.45) is 0. The Kier molecular flexibility index (Phi) is 5.34. The second kappa shape index (κ2) is 9.72. The minimum atomic E-state index is 0.802. The van der Waals surface area contributed by atoms with Crippen LogP contribution in [-0.2, 0) is 6.54 Å². The van der Waals surface area contributed by atoms with Gasteiger partial charge in [0.15, 0.2) is 0 Å². The summed E-state index contributed by atoms with van der Waals surface area (Å²) in [6.45, 7) is 0.802. The Morgan fingerprint density at radius 3 is 1.26 bits per heavy atom. The monoisotopic (exact) mass is 587 g/mol. The molecule has 0 amide bonds. The molecule has 0 radical (unpaired) electrons. The van der Waals surface area contributed by atoms with E-state index >= 15 is 0 Å². The number of fused-ring (bicyclic) bond motifs is 9. The molecule has 0 aliphatic carbocycles. The molecule has 9 aromatic rings. The van der Waals surface area contributed by atoms with Crippen LogP contribution in [0, 0.1) is 0 Å². The van der Waals surface area contributed by atoms with Crippen molar-refractivity contribution in [2.24, 2.45) is 0 Å². The van der Waals surface area contributed by atoms with Crippen molar-refractivity contribution in [2.75, 3.05) is 4.90 Å². The Morgan fingerprint density at radius 2 is 0.739 bits per heavy atom. The van der Waals surface area contributed by atoms with Gasteiger partial charge in [0.05, 0.1) is 33.4 Å². The summed E-state index contributed by atoms with van der Waals surface area (Å²) in [4.78, 5) is 2.49. The number of benzene rings is 7. The van der Waals surface area contributed by atoms with E-state index in [1.54, 1.807) is 0 Å². The summed E-state index contributed by atoms with van der Waals surface area (Å²) in [5.74, 6) is 0. The molecule has 216 valence electrons. The Balaban J connectivity index is 1.31. The number of anilines is 2. The lowest BCUT2D eigenvalue weighted by Gasteiger charge is -2.33. The Hall–Kier alpha value is -6.06. The first-order chi connectivity index (χ1) is 22.8. The lowest BCUT2D eigenvalue weighted by molar-refractivity contribution is 0.956. The van der Waals surface area contributed by atoms with Crippen LogP contribution in [0.25, 0.3) is 66.1 Å². The van der Waals surface area contributed by atoms with Crippen LogP contribution in [0.4, 0.5) is 11.4 Å². The molecule has 3 heteroatoms. The predicted molar refractivity (Wildman–Crippen MR) is 193 cm³/mol. The number of para-hydroxylation sites is 5. The van der Waals surface area contributed by atoms with Crippen molar-refractivity contribution in [1.29, 1.82) is 0 Å². The largest absolute Gasteiger partial charge is 0.336 e. The maximum atomic E-state index is 2.49. The van der Waals surface area contributed by atoms with Crippen LogP contribution in [0.1, 0.15) is 5.56 Å². The number of hydrogen-bond donors (Lipinski definition) is 0. The SMILES string of the molecule is c1ccc2c(c1)CN(c1cc(-n3c4ccccc4c4ccccc43)cc(-n3c4ccccc4c4ccccc43)c1)c1ccccc1-2. The van der Waals surface area contributed by atoms with E-state index in [2.05, 4.69) is 178 Å². The third kappa shape index (κ3) is 3.60. The van der Waals surface area contributed by atoms with Crippen LogP contribution in [0.15, 0.2) is 164 Å². The van der Waals surface area contributed by atoms with Gasteiger partial charge in [-0.15, -0.1) is 0 Å². The number of nitrogens with zero attached hydrogens (tertiary/aromatic N) is 3. The summed E-state index contributed by atoms with van der Waals surface area (Å²) in [7, 11) is 0. The molecule has 7 aromatic carbocycles. The molecule has 0 saturated carbocycles. The van der Waals surface area contributed by atoms with Gasteiger partial charge in [-0.1, -0.05) is 115 Å². The first kappa shape index (κ1) is 25.3. The molecule has 0 spiro atoms. The molecule has 3 nitrogen and oxygen atoms in total. The van der Waals surface area contributed by atoms with Gasteiger partial charge in [0.2, 0.25) is 0 Å². The highest BCUT2D eigenvalue weighted by Crippen LogP contribution is 2.44. The van der Waals surface area contributed by atoms with Gasteiger partial charge < -0.3 is 14.0 Å². The van der Waals surface area contributed by atoms with E-state index in [1.165, 1.54) is 66.0 Å². The molecular formula is C43H29N3. The number of hydrogen-bond acceptors (Lipinski definition) is 1. The molecule has 0 fully saturated rings. The van der Waals surface area contributed by atoms with Crippen LogP contribution in [0.2, 0.25) is 0 Å². The third-order valence-electron chi connectivity index (χ3n) is 9.71. The standard InChI is InChI=1S/C43H29N3/c1-2-14-33-29(13-1)28-44(39-20-8-3-15-34(33)39)30-25-31(45-40-21-9-4-16-35(40)36-17-5-10-22-41(36)45)27-32(26-30)46-42-23-11-6-18-37(42)38-19-7-12-24-43(38)46/h1-27H,28H2. The average molecular weight is 588 g/mol. The molecule has 0 bridgehead atoms. The molecule has 10 rings (SSSR count). The van der Waals surface area contributed by atoms with Gasteiger partial charge in [0.25, 0.3) is 0 Å². The van der Waals surface area contributed by atoms with Crippen LogP contribution >= 0.6 is 0 Å². The first-order valence-electron chi connectivity index (χ1n) is 15.9. The topological polar surface area (TPSA) is 13.1 Å². The molecule has 0 atom stereocenters. The molecule has 1 aliphatic heterocycles. The summed E-state index contributed by atoms with van der Waals surface area (Å²) >= 11 is 0. The van der Waals surface area contributed by atoms with Gasteiger partial charge in [-0.2, -0.15) is 0 Å². The summed E-state index contributed by atoms with van der Waals surface area (Å²) < 4.78 is 4.88. The van der Waals surface area contributed by atoms with Gasteiger partial charge >= 0.3 is 0 Å². The van der Waals surface area contributed by atoms with E-state index in [-0.39, 0.29) is 0 Å². The van der Waals surface area contributed by atoms with Crippen molar-refractivity contribution in [3.05, 3.63) is 169 Å². The maximum absolute atomic E-state index is 2.49. The number of aromatic nitrogens is 2. The first-order valence-corrected chi connectivity index (χ1v) is 15.9. The van der Waals surface area contributed by atoms with Gasteiger partial charge in [0.1, 0.15) is 0 Å². The second-order valence-corrected chi connectivity index (χ2v) is 12.2. The zero-order chi connectivity index (χ0) is 30.2. The highest BCUT2D eigenvalue weighted by Gasteiger charge is 2.25. The highest BCUT2D eigenvalue weighted by molar-refractivity contribution is 6.10. The van der Waals surface area contributed by atoms with Gasteiger partial charge in [-0.05, 0) is 59.7 Å². The Bertz CT molecular complexity index is 2400. The predicted octanol–water partition coefficient (Wildman–Crippen LogP) is 11.2. The van der Waals surface area contributed by atoms with Crippen LogP contribution < -0.4 is 4.90 Å². The van der Waals surface area contributed by atoms with Crippen molar-refractivity contribution in [1.82, 2.24) is 9.13 Å². The van der Waals surface area contributed by atoms with E-state index in [1.807, 2.05) is 0 Å². The van der Waals surface area contributed by atoms with Crippen molar-refractivity contribution >= 4 is 55.0 Å². The Labute approximate surface area is 266 Å². The Morgan fingerprint density at radius 1 is 0.348 bits per heavy atom. The summed E-state index contributed by atoms with van der Waals surface area (Å²) in [5, 5.41) is 5.05. The summed E-state index contributed by atoms with van der Waals surface area (Å²) in [6, 6.07) is 59.8. The van der Waals surface area contributed by atoms with Crippen molar-refractivity contribution in [3.8, 4) is 22.5 Å². The van der Waals surface area contributed by atoms with E-state index in [0.717, 1.165) is 23.6 Å². The number of rotatable bonds is 3. The van der Waals surface area contributed by atoms with Crippen molar-refractivity contribution in [2.45, 2.75) is 6.54 Å². The van der Waals surface area contributed by atoms with Crippen molar-refractivity contribution in [3.63, 3.8) is 0 Å². The average Bonchev–Trinajstić information content (AvgIpc) is 3.64. The fraction of sp³-hybridized carbons (Fsp3) is 0.0233. The maximum Gasteiger partial charge on any atom is 0.0541 e. The molecule has 2 aromatic heterocycles. The quantitative estimate of drug-likeness (QED) is 0.200. The molecule has 3 heterocycles. The van der Waals surface area contributed by atoms with E-state index in [4.69, 9.17) is 0 Å². The molecular weight excluding hydrogens is 558 g/mol. The second-order valence-electron chi connectivity index (χ2n) is 12.2. The van der Waals surface area contributed by atoms with Gasteiger partial charge in [-0.3, -0.25) is 0 Å². The van der Waals surface area contributed by atoms with Crippen LogP contribution in [0.5, 0.6) is 0 Å². The molecule has 1 aliphatic rings. The normalized spacial score (nSPS) is 12.7. The zero-order valence-electron chi connectivity index (χ0n) is 25.1. The van der Waals surface area contributed by atoms with Crippen LogP contribution in [-0.4, -0.2) is 9.13 Å². The minimum Gasteiger partial charge on any atom is -0.336 e. The fourth-order valence-electron chi connectivity index (χ4n) is 7.74. The van der Waals surface area contributed by atoms with Crippen molar-refractivity contribution < 1.29 is 0 Å². The zero-order valence-corrected chi connectivity index (χ0v) is 25.1. The highest BCUT2D eigenvalue weighted by atomic mass is 15.2. The van der Waals surface area contributed by atoms with Crippen LogP contribution in [0.3, 0.4) is 0 Å². The lowest BCUT2D eigenvalue weighted by atomic mass is 9.93. The van der Waals surface area contributed by atoms with E-state index in [9.17, 15) is 0 Å². The summed E-state index contributed by atoms with van der Waals surface area (Å²) in [5.41, 5.74) is 13.4. The molecule has 0 saturated heterocycles. The van der Waals surface area contributed by atoms with Gasteiger partial charge in [0, 0.05) is 45.0 Å².